The maximum Gasteiger partial charge on any atom is 0.374 e. The zero-order valence-corrected chi connectivity index (χ0v) is 12.7. The van der Waals surface area contributed by atoms with Crippen molar-refractivity contribution in [1.82, 2.24) is 9.97 Å². The number of aliphatic hydroxyl groups is 1. The number of fused-ring (bicyclic) bond motifs is 1. The van der Waals surface area contributed by atoms with E-state index in [-0.39, 0.29) is 17.2 Å². The summed E-state index contributed by atoms with van der Waals surface area (Å²) in [6.07, 6.45) is 0. The number of aliphatic hydroxyl groups excluding tert-OH is 1. The number of hydrogen-bond donors (Lipinski definition) is 2. The van der Waals surface area contributed by atoms with Crippen molar-refractivity contribution in [2.24, 2.45) is 0 Å². The van der Waals surface area contributed by atoms with Gasteiger partial charge in [0.1, 0.15) is 17.4 Å². The second-order valence-electron chi connectivity index (χ2n) is 5.02. The van der Waals surface area contributed by atoms with Crippen LogP contribution < -0.4 is 0 Å². The molecule has 2 N–H and O–H groups in total. The monoisotopic (exact) mass is 323 g/mol. The lowest BCUT2D eigenvalue weighted by molar-refractivity contribution is 0.0465. The van der Waals surface area contributed by atoms with Crippen LogP contribution in [-0.4, -0.2) is 27.7 Å². The van der Waals surface area contributed by atoms with Crippen molar-refractivity contribution in [2.45, 2.75) is 6.92 Å². The molecule has 0 saturated carbocycles. The van der Waals surface area contributed by atoms with Crippen LogP contribution in [0.3, 0.4) is 0 Å². The van der Waals surface area contributed by atoms with Gasteiger partial charge in [-0.2, -0.15) is 5.26 Å². The maximum atomic E-state index is 11.8. The molecule has 0 unspecified atom stereocenters. The number of aromatic amines is 1. The number of nitrogens with zero attached hydrogens (tertiary/aromatic N) is 2. The van der Waals surface area contributed by atoms with E-state index < -0.39 is 18.3 Å². The van der Waals surface area contributed by atoms with Crippen molar-refractivity contribution >= 4 is 22.6 Å². The number of carbonyl (C=O) groups excluding carboxylic acids is 1. The highest BCUT2D eigenvalue weighted by atomic mass is 16.6. The number of benzene rings is 1. The first-order valence-electron chi connectivity index (χ1n) is 7.09. The highest BCUT2D eigenvalue weighted by Gasteiger charge is 2.17. The zero-order valence-electron chi connectivity index (χ0n) is 12.7. The molecule has 0 spiro atoms. The summed E-state index contributed by atoms with van der Waals surface area (Å²) in [5, 5.41) is 19.4. The summed E-state index contributed by atoms with van der Waals surface area (Å²) in [7, 11) is 0. The molecule has 7 nitrogen and oxygen atoms in total. The van der Waals surface area contributed by atoms with Crippen LogP contribution in [0.4, 0.5) is 0 Å². The molecule has 0 amide bonds. The molecule has 2 heterocycles. The number of carbonyl (C=O) groups is 1. The van der Waals surface area contributed by atoms with Gasteiger partial charge in [-0.3, -0.25) is 0 Å². The van der Waals surface area contributed by atoms with Crippen LogP contribution in [0.15, 0.2) is 46.6 Å². The van der Waals surface area contributed by atoms with Crippen LogP contribution in [0, 0.1) is 18.3 Å². The first-order valence-corrected chi connectivity index (χ1v) is 7.09. The first-order chi connectivity index (χ1) is 11.6. The third kappa shape index (κ3) is 2.98. The molecule has 7 heteroatoms. The molecular weight excluding hydrogens is 310 g/mol. The van der Waals surface area contributed by atoms with E-state index in [2.05, 4.69) is 9.97 Å². The van der Waals surface area contributed by atoms with E-state index in [9.17, 15) is 15.2 Å². The van der Waals surface area contributed by atoms with Crippen LogP contribution >= 0.6 is 0 Å². The third-order valence-electron chi connectivity index (χ3n) is 3.31. The first kappa shape index (κ1) is 15.4. The summed E-state index contributed by atoms with van der Waals surface area (Å²) < 4.78 is 10.1. The van der Waals surface area contributed by atoms with Gasteiger partial charge in [-0.1, -0.05) is 12.1 Å². The van der Waals surface area contributed by atoms with E-state index in [4.69, 9.17) is 9.15 Å². The maximum absolute atomic E-state index is 11.8. The van der Waals surface area contributed by atoms with Crippen molar-refractivity contribution in [2.75, 3.05) is 6.61 Å². The highest BCUT2D eigenvalue weighted by Crippen LogP contribution is 2.19. The molecule has 3 rings (SSSR count). The largest absolute Gasteiger partial charge is 0.507 e. The SMILES string of the molecule is Cc1ccc(C(=O)OCC(O)=C(C#N)c2nc3ccccc3[nH]2)o1. The Morgan fingerprint density at radius 2 is 2.17 bits per heavy atom. The van der Waals surface area contributed by atoms with Crippen molar-refractivity contribution < 1.29 is 19.1 Å². The van der Waals surface area contributed by atoms with Gasteiger partial charge in [0.05, 0.1) is 11.0 Å². The van der Waals surface area contributed by atoms with Crippen molar-refractivity contribution in [3.8, 4) is 6.07 Å². The quantitative estimate of drug-likeness (QED) is 0.433. The third-order valence-corrected chi connectivity index (χ3v) is 3.31. The van der Waals surface area contributed by atoms with Gasteiger partial charge in [0.15, 0.2) is 18.2 Å². The van der Waals surface area contributed by atoms with E-state index >= 15 is 0 Å². The second-order valence-corrected chi connectivity index (χ2v) is 5.02. The van der Waals surface area contributed by atoms with Crippen LogP contribution in [0.25, 0.3) is 16.6 Å². The Kier molecular flexibility index (Phi) is 4.03. The molecular formula is C17H13N3O4. The van der Waals surface area contributed by atoms with Crippen LogP contribution in [0.5, 0.6) is 0 Å². The van der Waals surface area contributed by atoms with Gasteiger partial charge in [-0.05, 0) is 31.2 Å². The van der Waals surface area contributed by atoms with Gasteiger partial charge in [-0.25, -0.2) is 9.78 Å². The number of aryl methyl sites for hydroxylation is 1. The smallest absolute Gasteiger partial charge is 0.374 e. The minimum atomic E-state index is -0.725. The molecule has 0 aliphatic rings. The standard InChI is InChI=1S/C17H13N3O4/c1-10-6-7-15(24-10)17(22)23-9-14(21)11(8-18)16-19-12-4-2-3-5-13(12)20-16/h2-7,21H,9H2,1H3,(H,19,20). The predicted octanol–water partition coefficient (Wildman–Crippen LogP) is 3.11. The number of hydrogen-bond acceptors (Lipinski definition) is 6. The average Bonchev–Trinajstić information content (AvgIpc) is 3.19. The van der Waals surface area contributed by atoms with Gasteiger partial charge in [0.25, 0.3) is 0 Å². The minimum Gasteiger partial charge on any atom is -0.507 e. The molecule has 1 aromatic carbocycles. The Hall–Kier alpha value is -3.53. The number of imidazole rings is 1. The van der Waals surface area contributed by atoms with Gasteiger partial charge in [-0.15, -0.1) is 0 Å². The lowest BCUT2D eigenvalue weighted by atomic mass is 10.2. The number of rotatable bonds is 4. The van der Waals surface area contributed by atoms with Crippen molar-refractivity contribution in [3.63, 3.8) is 0 Å². The molecule has 3 aromatic rings. The molecule has 0 saturated heterocycles. The Labute approximate surface area is 136 Å². The predicted molar refractivity (Wildman–Crippen MR) is 85.0 cm³/mol. The Morgan fingerprint density at radius 3 is 2.83 bits per heavy atom. The van der Waals surface area contributed by atoms with E-state index in [1.165, 1.54) is 6.07 Å². The van der Waals surface area contributed by atoms with Crippen LogP contribution in [0.2, 0.25) is 0 Å². The minimum absolute atomic E-state index is 0.0301. The number of esters is 1. The number of nitrogens with one attached hydrogen (secondary N) is 1. The molecule has 0 aliphatic heterocycles. The number of ether oxygens (including phenoxy) is 1. The van der Waals surface area contributed by atoms with Gasteiger partial charge < -0.3 is 19.2 Å². The highest BCUT2D eigenvalue weighted by molar-refractivity contribution is 5.87. The van der Waals surface area contributed by atoms with E-state index in [1.807, 2.05) is 18.2 Å². The zero-order chi connectivity index (χ0) is 17.1. The number of H-pyrrole nitrogens is 1. The number of nitriles is 1. The van der Waals surface area contributed by atoms with Gasteiger partial charge >= 0.3 is 5.97 Å². The van der Waals surface area contributed by atoms with Gasteiger partial charge in [0, 0.05) is 0 Å². The molecule has 0 radical (unpaired) electrons. The molecule has 24 heavy (non-hydrogen) atoms. The molecule has 0 atom stereocenters. The molecule has 2 aromatic heterocycles. The number of furan rings is 1. The summed E-state index contributed by atoms with van der Waals surface area (Å²) in [6, 6.07) is 12.2. The summed E-state index contributed by atoms with van der Waals surface area (Å²) in [4.78, 5) is 19.0. The number of aromatic nitrogens is 2. The fraction of sp³-hybridized carbons (Fsp3) is 0.118. The molecule has 0 fully saturated rings. The van der Waals surface area contributed by atoms with Gasteiger partial charge in [0.2, 0.25) is 5.76 Å². The summed E-state index contributed by atoms with van der Waals surface area (Å²) in [6.45, 7) is 1.24. The second kappa shape index (κ2) is 6.30. The molecule has 0 bridgehead atoms. The summed E-state index contributed by atoms with van der Waals surface area (Å²) >= 11 is 0. The van der Waals surface area contributed by atoms with Crippen molar-refractivity contribution in [3.05, 3.63) is 59.5 Å². The summed E-state index contributed by atoms with van der Waals surface area (Å²) in [5.41, 5.74) is 1.31. The Bertz CT molecular complexity index is 942. The van der Waals surface area contributed by atoms with E-state index in [1.54, 1.807) is 25.1 Å². The fourth-order valence-electron chi connectivity index (χ4n) is 2.15. The molecule has 0 aliphatic carbocycles. The lowest BCUT2D eigenvalue weighted by Crippen LogP contribution is -2.08. The van der Waals surface area contributed by atoms with Crippen LogP contribution in [-0.2, 0) is 4.74 Å². The topological polar surface area (TPSA) is 112 Å². The average molecular weight is 323 g/mol. The van der Waals surface area contributed by atoms with E-state index in [0.717, 1.165) is 5.52 Å². The molecule has 120 valence electrons. The Balaban J connectivity index is 1.80. The van der Waals surface area contributed by atoms with Crippen LogP contribution in [0.1, 0.15) is 22.1 Å². The summed E-state index contributed by atoms with van der Waals surface area (Å²) in [5.74, 6) is -0.310. The number of para-hydroxylation sites is 2. The van der Waals surface area contributed by atoms with Crippen molar-refractivity contribution in [1.29, 1.82) is 5.26 Å². The normalized spacial score (nSPS) is 11.8. The lowest BCUT2D eigenvalue weighted by Gasteiger charge is -2.03. The fourth-order valence-corrected chi connectivity index (χ4v) is 2.15. The number of allylic oxidation sites excluding steroid dienone is 1. The van der Waals surface area contributed by atoms with E-state index in [0.29, 0.717) is 11.3 Å². The Morgan fingerprint density at radius 1 is 1.38 bits per heavy atom.